The lowest BCUT2D eigenvalue weighted by molar-refractivity contribution is 0.174. The van der Waals surface area contributed by atoms with E-state index in [-0.39, 0.29) is 0 Å². The summed E-state index contributed by atoms with van der Waals surface area (Å²) >= 11 is 0. The summed E-state index contributed by atoms with van der Waals surface area (Å²) in [7, 11) is 0. The Morgan fingerprint density at radius 3 is 2.64 bits per heavy atom. The van der Waals surface area contributed by atoms with Gasteiger partial charge in [-0.05, 0) is 38.0 Å². The SMILES string of the molecule is CCC(C)Nc1cc(N2CCN(Cc3ccc4c(c3)OCO4)CC2)nc(C)n1. The molecule has 7 heteroatoms. The van der Waals surface area contributed by atoms with Crippen molar-refractivity contribution in [3.8, 4) is 11.5 Å². The van der Waals surface area contributed by atoms with E-state index >= 15 is 0 Å². The average Bonchev–Trinajstić information content (AvgIpc) is 3.16. The van der Waals surface area contributed by atoms with E-state index in [9.17, 15) is 0 Å². The van der Waals surface area contributed by atoms with Gasteiger partial charge in [0.25, 0.3) is 0 Å². The van der Waals surface area contributed by atoms with Crippen molar-refractivity contribution >= 4 is 11.6 Å². The number of ether oxygens (including phenoxy) is 2. The quantitative estimate of drug-likeness (QED) is 0.822. The van der Waals surface area contributed by atoms with Gasteiger partial charge in [-0.25, -0.2) is 9.97 Å². The first-order chi connectivity index (χ1) is 13.6. The van der Waals surface area contributed by atoms with Crippen molar-refractivity contribution in [1.82, 2.24) is 14.9 Å². The molecule has 2 aromatic rings. The Balaban J connectivity index is 1.36. The summed E-state index contributed by atoms with van der Waals surface area (Å²) < 4.78 is 10.9. The molecule has 1 aromatic heterocycles. The number of aromatic nitrogens is 2. The van der Waals surface area contributed by atoms with Crippen LogP contribution in [0.4, 0.5) is 11.6 Å². The zero-order valence-corrected chi connectivity index (χ0v) is 16.9. The Kier molecular flexibility index (Phi) is 5.52. The first kappa shape index (κ1) is 18.8. The lowest BCUT2D eigenvalue weighted by atomic mass is 10.1. The van der Waals surface area contributed by atoms with E-state index in [1.807, 2.05) is 13.0 Å². The van der Waals surface area contributed by atoms with Crippen molar-refractivity contribution in [3.05, 3.63) is 35.7 Å². The third-order valence-electron chi connectivity index (χ3n) is 5.37. The van der Waals surface area contributed by atoms with Crippen molar-refractivity contribution in [2.45, 2.75) is 39.8 Å². The Bertz CT molecular complexity index is 820. The van der Waals surface area contributed by atoms with Crippen LogP contribution in [0.15, 0.2) is 24.3 Å². The third kappa shape index (κ3) is 4.30. The van der Waals surface area contributed by atoms with Crippen LogP contribution >= 0.6 is 0 Å². The molecule has 1 unspecified atom stereocenters. The lowest BCUT2D eigenvalue weighted by Crippen LogP contribution is -2.46. The molecule has 0 aliphatic carbocycles. The van der Waals surface area contributed by atoms with E-state index < -0.39 is 0 Å². The molecule has 1 fully saturated rings. The maximum absolute atomic E-state index is 5.49. The Hall–Kier alpha value is -2.54. The van der Waals surface area contributed by atoms with Crippen LogP contribution in [-0.2, 0) is 6.54 Å². The van der Waals surface area contributed by atoms with Crippen LogP contribution in [0.5, 0.6) is 11.5 Å². The van der Waals surface area contributed by atoms with Gasteiger partial charge in [0.2, 0.25) is 6.79 Å². The van der Waals surface area contributed by atoms with Crippen LogP contribution in [0.2, 0.25) is 0 Å². The fraction of sp³-hybridized carbons (Fsp3) is 0.524. The number of benzene rings is 1. The predicted octanol–water partition coefficient (Wildman–Crippen LogP) is 3.05. The molecule has 0 saturated carbocycles. The van der Waals surface area contributed by atoms with Gasteiger partial charge in [-0.15, -0.1) is 0 Å². The number of fused-ring (bicyclic) bond motifs is 1. The molecule has 1 aromatic carbocycles. The van der Waals surface area contributed by atoms with Gasteiger partial charge < -0.3 is 19.7 Å². The molecule has 0 bridgehead atoms. The first-order valence-electron chi connectivity index (χ1n) is 10.1. The van der Waals surface area contributed by atoms with Gasteiger partial charge in [0.05, 0.1) is 0 Å². The van der Waals surface area contributed by atoms with Gasteiger partial charge in [0, 0.05) is 44.8 Å². The van der Waals surface area contributed by atoms with E-state index in [1.54, 1.807) is 0 Å². The number of nitrogens with zero attached hydrogens (tertiary/aromatic N) is 4. The third-order valence-corrected chi connectivity index (χ3v) is 5.37. The normalized spacial score (nSPS) is 17.6. The van der Waals surface area contributed by atoms with Crippen molar-refractivity contribution in [3.63, 3.8) is 0 Å². The molecule has 0 radical (unpaired) electrons. The largest absolute Gasteiger partial charge is 0.454 e. The topological polar surface area (TPSA) is 62.8 Å². The smallest absolute Gasteiger partial charge is 0.231 e. The number of anilines is 2. The molecule has 1 saturated heterocycles. The Labute approximate surface area is 166 Å². The average molecular weight is 383 g/mol. The molecule has 1 atom stereocenters. The molecule has 2 aliphatic rings. The first-order valence-corrected chi connectivity index (χ1v) is 10.1. The fourth-order valence-corrected chi connectivity index (χ4v) is 3.57. The summed E-state index contributed by atoms with van der Waals surface area (Å²) in [4.78, 5) is 14.0. The van der Waals surface area contributed by atoms with Crippen molar-refractivity contribution in [1.29, 1.82) is 0 Å². The summed E-state index contributed by atoms with van der Waals surface area (Å²) in [6, 6.07) is 8.70. The lowest BCUT2D eigenvalue weighted by Gasteiger charge is -2.35. The highest BCUT2D eigenvalue weighted by Gasteiger charge is 2.20. The van der Waals surface area contributed by atoms with Gasteiger partial charge in [-0.3, -0.25) is 4.90 Å². The van der Waals surface area contributed by atoms with Gasteiger partial charge in [-0.1, -0.05) is 13.0 Å². The van der Waals surface area contributed by atoms with Crippen LogP contribution in [0.3, 0.4) is 0 Å². The van der Waals surface area contributed by atoms with Crippen LogP contribution in [0.1, 0.15) is 31.7 Å². The maximum atomic E-state index is 5.49. The molecule has 0 amide bonds. The second-order valence-electron chi connectivity index (χ2n) is 7.56. The van der Waals surface area contributed by atoms with Crippen molar-refractivity contribution < 1.29 is 9.47 Å². The van der Waals surface area contributed by atoms with Crippen molar-refractivity contribution in [2.75, 3.05) is 43.2 Å². The predicted molar refractivity (Wildman–Crippen MR) is 110 cm³/mol. The minimum atomic E-state index is 0.323. The van der Waals surface area contributed by atoms with Crippen LogP contribution in [0, 0.1) is 6.92 Å². The molecule has 2 aliphatic heterocycles. The number of hydrogen-bond donors (Lipinski definition) is 1. The van der Waals surface area contributed by atoms with E-state index in [0.717, 1.165) is 68.1 Å². The Morgan fingerprint density at radius 1 is 1.07 bits per heavy atom. The zero-order chi connectivity index (χ0) is 19.5. The van der Waals surface area contributed by atoms with E-state index in [0.29, 0.717) is 12.8 Å². The second-order valence-corrected chi connectivity index (χ2v) is 7.56. The monoisotopic (exact) mass is 383 g/mol. The number of nitrogens with one attached hydrogen (secondary N) is 1. The summed E-state index contributed by atoms with van der Waals surface area (Å²) in [5.74, 6) is 4.44. The summed E-state index contributed by atoms with van der Waals surface area (Å²) in [6.07, 6.45) is 1.07. The van der Waals surface area contributed by atoms with E-state index in [2.05, 4.69) is 57.1 Å². The van der Waals surface area contributed by atoms with Crippen molar-refractivity contribution in [2.24, 2.45) is 0 Å². The maximum Gasteiger partial charge on any atom is 0.231 e. The van der Waals surface area contributed by atoms with Gasteiger partial charge in [-0.2, -0.15) is 0 Å². The number of aryl methyl sites for hydroxylation is 1. The molecule has 28 heavy (non-hydrogen) atoms. The van der Waals surface area contributed by atoms with Crippen LogP contribution in [-0.4, -0.2) is 53.9 Å². The highest BCUT2D eigenvalue weighted by atomic mass is 16.7. The molecule has 4 rings (SSSR count). The molecule has 7 nitrogen and oxygen atoms in total. The summed E-state index contributed by atoms with van der Waals surface area (Å²) in [5, 5.41) is 3.46. The van der Waals surface area contributed by atoms with Gasteiger partial charge >= 0.3 is 0 Å². The number of hydrogen-bond acceptors (Lipinski definition) is 7. The molecule has 150 valence electrons. The summed E-state index contributed by atoms with van der Waals surface area (Å²) in [6.45, 7) is 11.5. The van der Waals surface area contributed by atoms with Gasteiger partial charge in [0.15, 0.2) is 11.5 Å². The number of rotatable bonds is 6. The zero-order valence-electron chi connectivity index (χ0n) is 16.9. The van der Waals surface area contributed by atoms with Crippen LogP contribution in [0.25, 0.3) is 0 Å². The van der Waals surface area contributed by atoms with Crippen LogP contribution < -0.4 is 19.7 Å². The van der Waals surface area contributed by atoms with Gasteiger partial charge in [0.1, 0.15) is 17.5 Å². The minimum Gasteiger partial charge on any atom is -0.454 e. The highest BCUT2D eigenvalue weighted by molar-refractivity contribution is 5.50. The van der Waals surface area contributed by atoms with E-state index in [1.165, 1.54) is 5.56 Å². The highest BCUT2D eigenvalue weighted by Crippen LogP contribution is 2.33. The second kappa shape index (κ2) is 8.22. The minimum absolute atomic E-state index is 0.323. The summed E-state index contributed by atoms with van der Waals surface area (Å²) in [5.41, 5.74) is 1.26. The van der Waals surface area contributed by atoms with E-state index in [4.69, 9.17) is 9.47 Å². The Morgan fingerprint density at radius 2 is 1.86 bits per heavy atom. The molecule has 3 heterocycles. The molecule has 0 spiro atoms. The molecular weight excluding hydrogens is 354 g/mol. The fourth-order valence-electron chi connectivity index (χ4n) is 3.57. The number of piperazine rings is 1. The molecular formula is C21H29N5O2. The molecule has 1 N–H and O–H groups in total. The standard InChI is InChI=1S/C21H29N5O2/c1-4-15(2)22-20-12-21(24-16(3)23-20)26-9-7-25(8-10-26)13-17-5-6-18-19(11-17)28-14-27-18/h5-6,11-12,15H,4,7-10,13-14H2,1-3H3,(H,22,23,24).